The Morgan fingerprint density at radius 1 is 0.969 bits per heavy atom. The second-order valence-corrected chi connectivity index (χ2v) is 8.11. The Hall–Kier alpha value is -3.63. The quantitative estimate of drug-likeness (QED) is 0.284. The minimum atomic E-state index is -0.370. The maximum atomic E-state index is 13.1. The molecule has 4 nitrogen and oxygen atoms in total. The lowest BCUT2D eigenvalue weighted by Gasteiger charge is -2.11. The molecule has 158 valence electrons. The molecule has 0 unspecified atom stereocenters. The zero-order valence-electron chi connectivity index (χ0n) is 17.8. The van der Waals surface area contributed by atoms with E-state index in [0.717, 1.165) is 39.0 Å². The number of hydrogen-bond donors (Lipinski definition) is 0. The van der Waals surface area contributed by atoms with Crippen molar-refractivity contribution in [1.82, 2.24) is 9.38 Å². The fourth-order valence-corrected chi connectivity index (χ4v) is 4.20. The van der Waals surface area contributed by atoms with E-state index in [1.165, 1.54) is 0 Å². The molecule has 0 aliphatic heterocycles. The van der Waals surface area contributed by atoms with Crippen LogP contribution in [0.5, 0.6) is 0 Å². The van der Waals surface area contributed by atoms with Crippen LogP contribution in [0.3, 0.4) is 0 Å². The highest BCUT2D eigenvalue weighted by molar-refractivity contribution is 6.30. The van der Waals surface area contributed by atoms with Crippen LogP contribution in [0.1, 0.15) is 22.8 Å². The van der Waals surface area contributed by atoms with Crippen molar-refractivity contribution in [2.24, 2.45) is 0 Å². The zero-order valence-corrected chi connectivity index (χ0v) is 18.6. The molecule has 5 aromatic rings. The van der Waals surface area contributed by atoms with Crippen LogP contribution in [0.4, 0.5) is 0 Å². The van der Waals surface area contributed by atoms with Crippen LogP contribution in [0.25, 0.3) is 39.1 Å². The summed E-state index contributed by atoms with van der Waals surface area (Å²) in [7, 11) is 0. The number of aryl methyl sites for hydroxylation is 1. The van der Waals surface area contributed by atoms with Crippen LogP contribution < -0.4 is 0 Å². The fraction of sp³-hybridized carbons (Fsp3) is 0.111. The molecule has 5 rings (SSSR count). The largest absolute Gasteiger partial charge is 0.462 e. The van der Waals surface area contributed by atoms with Gasteiger partial charge in [0.05, 0.1) is 23.5 Å². The highest BCUT2D eigenvalue weighted by Gasteiger charge is 2.24. The van der Waals surface area contributed by atoms with Gasteiger partial charge < -0.3 is 4.74 Å². The standard InChI is InChI=1S/C27H21ClN2O2/c1-3-32-27(31)25-21-15-17(2)9-14-23(21)30-24(19-7-5-4-6-8-19)16-22(29-26(25)30)18-10-12-20(28)13-11-18/h4-16H,3H2,1-2H3. The molecule has 0 N–H and O–H groups in total. The second kappa shape index (κ2) is 8.13. The molecule has 0 amide bonds. The number of fused-ring (bicyclic) bond motifs is 3. The summed E-state index contributed by atoms with van der Waals surface area (Å²) < 4.78 is 7.49. The van der Waals surface area contributed by atoms with Crippen LogP contribution >= 0.6 is 11.6 Å². The Morgan fingerprint density at radius 3 is 2.44 bits per heavy atom. The van der Waals surface area contributed by atoms with Crippen LogP contribution in [-0.2, 0) is 4.74 Å². The maximum Gasteiger partial charge on any atom is 0.342 e. The minimum Gasteiger partial charge on any atom is -0.462 e. The number of carbonyl (C=O) groups is 1. The lowest BCUT2D eigenvalue weighted by Crippen LogP contribution is -2.06. The predicted octanol–water partition coefficient (Wildman–Crippen LogP) is 6.96. The Balaban J connectivity index is 1.93. The molecule has 0 saturated carbocycles. The van der Waals surface area contributed by atoms with Crippen LogP contribution in [-0.4, -0.2) is 22.0 Å². The van der Waals surface area contributed by atoms with E-state index in [0.29, 0.717) is 22.8 Å². The number of carbonyl (C=O) groups excluding carboxylic acids is 1. The second-order valence-electron chi connectivity index (χ2n) is 7.67. The smallest absolute Gasteiger partial charge is 0.342 e. The lowest BCUT2D eigenvalue weighted by molar-refractivity contribution is 0.0530. The Bertz CT molecular complexity index is 1450. The molecule has 0 spiro atoms. The summed E-state index contributed by atoms with van der Waals surface area (Å²) in [6.45, 7) is 4.12. The third kappa shape index (κ3) is 3.43. The van der Waals surface area contributed by atoms with E-state index in [9.17, 15) is 4.79 Å². The SMILES string of the molecule is CCOC(=O)c1c2cc(C)ccc2n2c(-c3ccccc3)cc(-c3ccc(Cl)cc3)nc12. The van der Waals surface area contributed by atoms with E-state index in [1.807, 2.05) is 74.5 Å². The van der Waals surface area contributed by atoms with Gasteiger partial charge in [-0.05, 0) is 49.7 Å². The first-order chi connectivity index (χ1) is 15.6. The first-order valence-electron chi connectivity index (χ1n) is 10.5. The van der Waals surface area contributed by atoms with Crippen LogP contribution in [0.15, 0.2) is 78.9 Å². The highest BCUT2D eigenvalue weighted by atomic mass is 35.5. The third-order valence-electron chi connectivity index (χ3n) is 5.53. The summed E-state index contributed by atoms with van der Waals surface area (Å²) in [5.74, 6) is -0.370. The van der Waals surface area contributed by atoms with Crippen LogP contribution in [0.2, 0.25) is 5.02 Å². The summed E-state index contributed by atoms with van der Waals surface area (Å²) in [6.07, 6.45) is 0. The average Bonchev–Trinajstić information content (AvgIpc) is 3.13. The number of ether oxygens (including phenoxy) is 1. The van der Waals surface area contributed by atoms with Gasteiger partial charge >= 0.3 is 5.97 Å². The molecular formula is C27H21ClN2O2. The van der Waals surface area contributed by atoms with Crippen molar-refractivity contribution in [1.29, 1.82) is 0 Å². The maximum absolute atomic E-state index is 13.1. The van der Waals surface area contributed by atoms with Crippen molar-refractivity contribution in [3.8, 4) is 22.5 Å². The first-order valence-corrected chi connectivity index (χ1v) is 10.9. The van der Waals surface area contributed by atoms with E-state index in [4.69, 9.17) is 21.3 Å². The molecule has 2 heterocycles. The van der Waals surface area contributed by atoms with Gasteiger partial charge in [-0.3, -0.25) is 4.40 Å². The molecule has 0 aliphatic rings. The monoisotopic (exact) mass is 440 g/mol. The van der Waals surface area contributed by atoms with Gasteiger partial charge in [-0.1, -0.05) is 65.7 Å². The van der Waals surface area contributed by atoms with Gasteiger partial charge in [-0.25, -0.2) is 9.78 Å². The number of hydrogen-bond acceptors (Lipinski definition) is 3. The number of aromatic nitrogens is 2. The van der Waals surface area contributed by atoms with E-state index >= 15 is 0 Å². The molecule has 0 radical (unpaired) electrons. The van der Waals surface area contributed by atoms with Crippen molar-refractivity contribution in [2.75, 3.05) is 6.61 Å². The third-order valence-corrected chi connectivity index (χ3v) is 5.78. The number of rotatable bonds is 4. The average molecular weight is 441 g/mol. The normalized spacial score (nSPS) is 11.2. The van der Waals surface area contributed by atoms with Gasteiger partial charge in [-0.2, -0.15) is 0 Å². The molecule has 5 heteroatoms. The van der Waals surface area contributed by atoms with Crippen molar-refractivity contribution < 1.29 is 9.53 Å². The van der Waals surface area contributed by atoms with E-state index in [2.05, 4.69) is 22.6 Å². The van der Waals surface area contributed by atoms with Gasteiger partial charge in [0, 0.05) is 16.0 Å². The summed E-state index contributed by atoms with van der Waals surface area (Å²) in [6, 6.07) is 25.8. The van der Waals surface area contributed by atoms with Gasteiger partial charge in [0.25, 0.3) is 0 Å². The Morgan fingerprint density at radius 2 is 1.72 bits per heavy atom. The molecule has 0 bridgehead atoms. The van der Waals surface area contributed by atoms with Gasteiger partial charge in [0.1, 0.15) is 5.56 Å². The van der Waals surface area contributed by atoms with Crippen molar-refractivity contribution in [3.63, 3.8) is 0 Å². The summed E-state index contributed by atoms with van der Waals surface area (Å²) in [4.78, 5) is 18.0. The fourth-order valence-electron chi connectivity index (χ4n) is 4.08. The molecule has 3 aromatic carbocycles. The van der Waals surface area contributed by atoms with E-state index in [1.54, 1.807) is 0 Å². The first kappa shape index (κ1) is 20.3. The minimum absolute atomic E-state index is 0.298. The number of benzene rings is 3. The van der Waals surface area contributed by atoms with Crippen LogP contribution in [0, 0.1) is 6.92 Å². The zero-order chi connectivity index (χ0) is 22.2. The van der Waals surface area contributed by atoms with Crippen molar-refractivity contribution in [3.05, 3.63) is 95.0 Å². The topological polar surface area (TPSA) is 43.6 Å². The Kier molecular flexibility index (Phi) is 5.16. The highest BCUT2D eigenvalue weighted by Crippen LogP contribution is 2.35. The van der Waals surface area contributed by atoms with Gasteiger partial charge in [0.2, 0.25) is 0 Å². The number of halogens is 1. The molecule has 0 fully saturated rings. The van der Waals surface area contributed by atoms with Crippen molar-refractivity contribution in [2.45, 2.75) is 13.8 Å². The molecule has 2 aromatic heterocycles. The molecule has 32 heavy (non-hydrogen) atoms. The van der Waals surface area contributed by atoms with Crippen molar-refractivity contribution >= 4 is 34.1 Å². The summed E-state index contributed by atoms with van der Waals surface area (Å²) in [5.41, 5.74) is 6.71. The molecule has 0 aliphatic carbocycles. The van der Waals surface area contributed by atoms with Gasteiger partial charge in [-0.15, -0.1) is 0 Å². The lowest BCUT2D eigenvalue weighted by atomic mass is 10.1. The van der Waals surface area contributed by atoms with E-state index in [-0.39, 0.29) is 5.97 Å². The van der Waals surface area contributed by atoms with E-state index < -0.39 is 0 Å². The predicted molar refractivity (Wildman–Crippen MR) is 129 cm³/mol. The molecular weight excluding hydrogens is 420 g/mol. The summed E-state index contributed by atoms with van der Waals surface area (Å²) in [5, 5.41) is 1.50. The molecule has 0 atom stereocenters. The molecule has 0 saturated heterocycles. The number of nitrogens with zero attached hydrogens (tertiary/aromatic N) is 2. The summed E-state index contributed by atoms with van der Waals surface area (Å²) >= 11 is 6.11. The Labute approximate surface area is 191 Å². The number of esters is 1. The van der Waals surface area contributed by atoms with Gasteiger partial charge in [0.15, 0.2) is 5.65 Å².